The Hall–Kier alpha value is -1.77. The first-order valence-electron chi connectivity index (χ1n) is 4.34. The van der Waals surface area contributed by atoms with E-state index in [4.69, 9.17) is 4.74 Å². The predicted octanol–water partition coefficient (Wildman–Crippen LogP) is 2.21. The van der Waals surface area contributed by atoms with Gasteiger partial charge < -0.3 is 10.1 Å². The molecule has 0 aliphatic carbocycles. The van der Waals surface area contributed by atoms with E-state index in [1.54, 1.807) is 44.4 Å². The van der Waals surface area contributed by atoms with E-state index >= 15 is 0 Å². The van der Waals surface area contributed by atoms with E-state index in [-0.39, 0.29) is 5.91 Å². The van der Waals surface area contributed by atoms with Gasteiger partial charge in [0.25, 0.3) is 0 Å². The molecule has 1 aromatic rings. The molecule has 1 rings (SSSR count). The lowest BCUT2D eigenvalue weighted by Gasteiger charge is -2.03. The Bertz CT molecular complexity index is 328. The number of amides is 1. The van der Waals surface area contributed by atoms with Crippen LogP contribution in [0.1, 0.15) is 6.92 Å². The lowest BCUT2D eigenvalue weighted by molar-refractivity contribution is -0.111. The van der Waals surface area contributed by atoms with Crippen molar-refractivity contribution >= 4 is 11.6 Å². The van der Waals surface area contributed by atoms with Gasteiger partial charge in [-0.15, -0.1) is 0 Å². The van der Waals surface area contributed by atoms with Crippen molar-refractivity contribution in [2.45, 2.75) is 6.92 Å². The molecular formula is C11H13NO2. The number of methoxy groups -OCH3 is 1. The molecule has 0 heterocycles. The number of hydrogen-bond donors (Lipinski definition) is 1. The van der Waals surface area contributed by atoms with Gasteiger partial charge in [-0.3, -0.25) is 4.79 Å². The van der Waals surface area contributed by atoms with Crippen molar-refractivity contribution in [3.05, 3.63) is 36.4 Å². The summed E-state index contributed by atoms with van der Waals surface area (Å²) in [4.78, 5) is 11.1. The molecule has 1 N–H and O–H groups in total. The third kappa shape index (κ3) is 2.94. The highest BCUT2D eigenvalue weighted by atomic mass is 16.5. The van der Waals surface area contributed by atoms with Crippen molar-refractivity contribution in [1.29, 1.82) is 0 Å². The second-order valence-electron chi connectivity index (χ2n) is 2.72. The van der Waals surface area contributed by atoms with Gasteiger partial charge in [-0.1, -0.05) is 6.08 Å². The van der Waals surface area contributed by atoms with E-state index in [2.05, 4.69) is 5.32 Å². The van der Waals surface area contributed by atoms with Crippen molar-refractivity contribution < 1.29 is 9.53 Å². The summed E-state index contributed by atoms with van der Waals surface area (Å²) in [7, 11) is 1.60. The van der Waals surface area contributed by atoms with Crippen LogP contribution in [0.25, 0.3) is 0 Å². The number of ether oxygens (including phenoxy) is 1. The van der Waals surface area contributed by atoms with E-state index in [1.807, 2.05) is 0 Å². The quantitative estimate of drug-likeness (QED) is 0.744. The topological polar surface area (TPSA) is 38.3 Å². The molecule has 0 aliphatic rings. The molecule has 3 heteroatoms. The molecule has 14 heavy (non-hydrogen) atoms. The maximum atomic E-state index is 11.1. The van der Waals surface area contributed by atoms with Crippen LogP contribution in [-0.2, 0) is 4.79 Å². The average molecular weight is 191 g/mol. The van der Waals surface area contributed by atoms with Crippen LogP contribution in [0, 0.1) is 0 Å². The van der Waals surface area contributed by atoms with Crippen LogP contribution in [-0.4, -0.2) is 13.0 Å². The normalized spacial score (nSPS) is 10.1. The van der Waals surface area contributed by atoms with Gasteiger partial charge >= 0.3 is 0 Å². The zero-order valence-corrected chi connectivity index (χ0v) is 8.28. The first kappa shape index (κ1) is 10.3. The van der Waals surface area contributed by atoms with Gasteiger partial charge in [0.15, 0.2) is 0 Å². The zero-order chi connectivity index (χ0) is 10.4. The predicted molar refractivity (Wildman–Crippen MR) is 56.4 cm³/mol. The fourth-order valence-corrected chi connectivity index (χ4v) is 1.01. The van der Waals surface area contributed by atoms with Gasteiger partial charge in [0.1, 0.15) is 5.75 Å². The lowest BCUT2D eigenvalue weighted by Crippen LogP contribution is -2.07. The van der Waals surface area contributed by atoms with Crippen molar-refractivity contribution in [1.82, 2.24) is 0 Å². The largest absolute Gasteiger partial charge is 0.497 e. The number of rotatable bonds is 3. The van der Waals surface area contributed by atoms with Crippen molar-refractivity contribution in [2.24, 2.45) is 0 Å². The molecule has 3 nitrogen and oxygen atoms in total. The van der Waals surface area contributed by atoms with Crippen LogP contribution < -0.4 is 10.1 Å². The zero-order valence-electron chi connectivity index (χ0n) is 8.28. The van der Waals surface area contributed by atoms with Gasteiger partial charge in [-0.05, 0) is 37.3 Å². The standard InChI is InChI=1S/C11H13NO2/c1-3-4-11(13)12-9-5-7-10(14-2)8-6-9/h3-8H,1-2H3,(H,12,13)/b4-3-. The molecule has 0 aliphatic heterocycles. The summed E-state index contributed by atoms with van der Waals surface area (Å²) in [6.45, 7) is 1.80. The molecule has 0 spiro atoms. The van der Waals surface area contributed by atoms with Crippen LogP contribution >= 0.6 is 0 Å². The van der Waals surface area contributed by atoms with Gasteiger partial charge in [0, 0.05) is 5.69 Å². The summed E-state index contributed by atoms with van der Waals surface area (Å²) in [5.41, 5.74) is 0.758. The molecule has 1 amide bonds. The minimum atomic E-state index is -0.127. The Morgan fingerprint density at radius 2 is 2.00 bits per heavy atom. The molecule has 0 fully saturated rings. The van der Waals surface area contributed by atoms with E-state index in [0.717, 1.165) is 11.4 Å². The van der Waals surface area contributed by atoms with Crippen LogP contribution in [0.2, 0.25) is 0 Å². The molecular weight excluding hydrogens is 178 g/mol. The van der Waals surface area contributed by atoms with Crippen molar-refractivity contribution in [3.8, 4) is 5.75 Å². The van der Waals surface area contributed by atoms with Crippen molar-refractivity contribution in [3.63, 3.8) is 0 Å². The number of nitrogens with one attached hydrogen (secondary N) is 1. The second-order valence-corrected chi connectivity index (χ2v) is 2.72. The number of benzene rings is 1. The minimum Gasteiger partial charge on any atom is -0.497 e. The average Bonchev–Trinajstić information content (AvgIpc) is 2.19. The Morgan fingerprint density at radius 3 is 2.50 bits per heavy atom. The SMILES string of the molecule is C/C=C\C(=O)Nc1ccc(OC)cc1. The summed E-state index contributed by atoms with van der Waals surface area (Å²) < 4.78 is 4.99. The highest BCUT2D eigenvalue weighted by Crippen LogP contribution is 2.14. The van der Waals surface area contributed by atoms with Crippen LogP contribution in [0.15, 0.2) is 36.4 Å². The summed E-state index contributed by atoms with van der Waals surface area (Å²) >= 11 is 0. The molecule has 0 bridgehead atoms. The number of carbonyl (C=O) groups is 1. The Kier molecular flexibility index (Phi) is 3.73. The molecule has 0 radical (unpaired) electrons. The fraction of sp³-hybridized carbons (Fsp3) is 0.182. The second kappa shape index (κ2) is 5.07. The molecule has 1 aromatic carbocycles. The summed E-state index contributed by atoms with van der Waals surface area (Å²) in [5, 5.41) is 2.71. The highest BCUT2D eigenvalue weighted by Gasteiger charge is 1.96. The number of carbonyl (C=O) groups excluding carboxylic acids is 1. The molecule has 0 unspecified atom stereocenters. The number of allylic oxidation sites excluding steroid dienone is 1. The van der Waals surface area contributed by atoms with Gasteiger partial charge in [-0.2, -0.15) is 0 Å². The monoisotopic (exact) mass is 191 g/mol. The summed E-state index contributed by atoms with van der Waals surface area (Å²) in [6.07, 6.45) is 3.17. The molecule has 74 valence electrons. The third-order valence-electron chi connectivity index (χ3n) is 1.68. The first-order chi connectivity index (χ1) is 6.76. The Labute approximate surface area is 83.4 Å². The van der Waals surface area contributed by atoms with E-state index in [1.165, 1.54) is 6.08 Å². The smallest absolute Gasteiger partial charge is 0.248 e. The number of hydrogen-bond acceptors (Lipinski definition) is 2. The van der Waals surface area contributed by atoms with E-state index in [0.29, 0.717) is 0 Å². The summed E-state index contributed by atoms with van der Waals surface area (Å²) in [5.74, 6) is 0.645. The highest BCUT2D eigenvalue weighted by molar-refractivity contribution is 5.99. The van der Waals surface area contributed by atoms with E-state index in [9.17, 15) is 4.79 Å². The number of anilines is 1. The van der Waals surface area contributed by atoms with Gasteiger partial charge in [0.2, 0.25) is 5.91 Å². The molecule has 0 saturated heterocycles. The molecule has 0 atom stereocenters. The van der Waals surface area contributed by atoms with Gasteiger partial charge in [-0.25, -0.2) is 0 Å². The van der Waals surface area contributed by atoms with Crippen molar-refractivity contribution in [2.75, 3.05) is 12.4 Å². The van der Waals surface area contributed by atoms with Crippen LogP contribution in [0.3, 0.4) is 0 Å². The summed E-state index contributed by atoms with van der Waals surface area (Å²) in [6, 6.07) is 7.18. The maximum Gasteiger partial charge on any atom is 0.248 e. The third-order valence-corrected chi connectivity index (χ3v) is 1.68. The van der Waals surface area contributed by atoms with Gasteiger partial charge in [0.05, 0.1) is 7.11 Å². The van der Waals surface area contributed by atoms with E-state index < -0.39 is 0 Å². The van der Waals surface area contributed by atoms with Crippen LogP contribution in [0.5, 0.6) is 5.75 Å². The Morgan fingerprint density at radius 1 is 1.36 bits per heavy atom. The minimum absolute atomic E-state index is 0.127. The Balaban J connectivity index is 2.64. The first-order valence-corrected chi connectivity index (χ1v) is 4.34. The van der Waals surface area contributed by atoms with Crippen LogP contribution in [0.4, 0.5) is 5.69 Å². The molecule has 0 saturated carbocycles. The lowest BCUT2D eigenvalue weighted by atomic mass is 10.3. The molecule has 0 aromatic heterocycles. The maximum absolute atomic E-state index is 11.1. The fourth-order valence-electron chi connectivity index (χ4n) is 1.01.